The van der Waals surface area contributed by atoms with Gasteiger partial charge in [-0.15, -0.1) is 0 Å². The lowest BCUT2D eigenvalue weighted by Crippen LogP contribution is -2.20. The molecule has 0 atom stereocenters. The lowest BCUT2D eigenvalue weighted by molar-refractivity contribution is -0.137. The molecule has 2 aromatic carbocycles. The number of fused-ring (bicyclic) bond motifs is 1. The molecular weight excluding hydrogens is 431 g/mol. The first kappa shape index (κ1) is 20.7. The van der Waals surface area contributed by atoms with Crippen LogP contribution < -0.4 is 5.56 Å². The minimum atomic E-state index is -4.41. The van der Waals surface area contributed by atoms with Gasteiger partial charge in [0.1, 0.15) is 5.69 Å². The van der Waals surface area contributed by atoms with E-state index in [1.807, 2.05) is 41.9 Å². The average molecular weight is 449 g/mol. The third-order valence-electron chi connectivity index (χ3n) is 5.54. The lowest BCUT2D eigenvalue weighted by Gasteiger charge is -2.08. The Labute approximate surface area is 186 Å². The van der Waals surface area contributed by atoms with Crippen molar-refractivity contribution < 1.29 is 13.2 Å². The third-order valence-corrected chi connectivity index (χ3v) is 5.54. The molecule has 0 aliphatic heterocycles. The van der Waals surface area contributed by atoms with E-state index in [-0.39, 0.29) is 5.56 Å². The monoisotopic (exact) mass is 449 g/mol. The number of benzene rings is 2. The summed E-state index contributed by atoms with van der Waals surface area (Å²) in [5.41, 5.74) is 2.41. The van der Waals surface area contributed by atoms with E-state index >= 15 is 0 Å². The number of pyridine rings is 1. The van der Waals surface area contributed by atoms with Gasteiger partial charge >= 0.3 is 6.18 Å². The number of halogens is 3. The van der Waals surface area contributed by atoms with E-state index in [9.17, 15) is 18.0 Å². The Kier molecular flexibility index (Phi) is 4.88. The number of aromatic nitrogens is 5. The Balaban J connectivity index is 1.56. The smallest absolute Gasteiger partial charge is 0.336 e. The zero-order valence-corrected chi connectivity index (χ0v) is 17.5. The fourth-order valence-electron chi connectivity index (χ4n) is 3.77. The van der Waals surface area contributed by atoms with E-state index in [1.54, 1.807) is 28.0 Å². The molecule has 0 saturated carbocycles. The molecule has 0 fully saturated rings. The molecule has 9 heteroatoms. The van der Waals surface area contributed by atoms with Crippen LogP contribution in [0.15, 0.2) is 84.2 Å². The molecule has 0 aliphatic rings. The first-order chi connectivity index (χ1) is 15.8. The van der Waals surface area contributed by atoms with Gasteiger partial charge in [-0.25, -0.2) is 9.67 Å². The van der Waals surface area contributed by atoms with Gasteiger partial charge in [0.2, 0.25) is 0 Å². The molecule has 0 amide bonds. The largest absolute Gasteiger partial charge is 0.416 e. The first-order valence-corrected chi connectivity index (χ1v) is 10.1. The summed E-state index contributed by atoms with van der Waals surface area (Å²) in [6.07, 6.45) is 0.681. The standard InChI is InChI=1S/C24H18F3N5O/c1-30-15-28-13-19(30)14-31-11-10-16(12-22(31)33)23-20-4-2-3-5-21(20)32(29-23)18-8-6-17(7-9-18)24(25,26)27/h2-13,15H,14H2,1H3. The van der Waals surface area contributed by atoms with Crippen molar-refractivity contribution in [1.82, 2.24) is 23.9 Å². The van der Waals surface area contributed by atoms with Crippen LogP contribution in [-0.4, -0.2) is 23.9 Å². The van der Waals surface area contributed by atoms with Gasteiger partial charge in [0.05, 0.1) is 35.3 Å². The second-order valence-corrected chi connectivity index (χ2v) is 7.70. The van der Waals surface area contributed by atoms with Crippen molar-refractivity contribution in [3.05, 3.63) is 101 Å². The SMILES string of the molecule is Cn1cncc1Cn1ccc(-c2nn(-c3ccc(C(F)(F)F)cc3)c3ccccc23)cc1=O. The van der Waals surface area contributed by atoms with Crippen LogP contribution in [0, 0.1) is 0 Å². The van der Waals surface area contributed by atoms with Crippen LogP contribution in [0.5, 0.6) is 0 Å². The highest BCUT2D eigenvalue weighted by molar-refractivity contribution is 5.94. The zero-order valence-electron chi connectivity index (χ0n) is 17.5. The number of imidazole rings is 1. The summed E-state index contributed by atoms with van der Waals surface area (Å²) < 4.78 is 43.9. The Bertz CT molecular complexity index is 1510. The molecule has 0 saturated heterocycles. The number of hydrogen-bond acceptors (Lipinski definition) is 3. The number of aryl methyl sites for hydroxylation is 1. The first-order valence-electron chi connectivity index (χ1n) is 10.1. The number of hydrogen-bond donors (Lipinski definition) is 0. The normalized spacial score (nSPS) is 11.9. The highest BCUT2D eigenvalue weighted by atomic mass is 19.4. The van der Waals surface area contributed by atoms with Gasteiger partial charge in [0, 0.05) is 36.5 Å². The molecule has 0 spiro atoms. The fraction of sp³-hybridized carbons (Fsp3) is 0.125. The van der Waals surface area contributed by atoms with Crippen molar-refractivity contribution >= 4 is 10.9 Å². The molecule has 5 rings (SSSR count). The van der Waals surface area contributed by atoms with Gasteiger partial charge < -0.3 is 9.13 Å². The molecule has 6 nitrogen and oxygen atoms in total. The number of alkyl halides is 3. The van der Waals surface area contributed by atoms with Gasteiger partial charge in [-0.3, -0.25) is 4.79 Å². The van der Waals surface area contributed by atoms with Crippen molar-refractivity contribution in [2.75, 3.05) is 0 Å². The van der Waals surface area contributed by atoms with E-state index < -0.39 is 11.7 Å². The van der Waals surface area contributed by atoms with E-state index in [2.05, 4.69) is 10.1 Å². The zero-order chi connectivity index (χ0) is 23.2. The molecular formula is C24H18F3N5O. The van der Waals surface area contributed by atoms with Gasteiger partial charge in [0.15, 0.2) is 0 Å². The molecule has 0 bridgehead atoms. The third kappa shape index (κ3) is 3.82. The summed E-state index contributed by atoms with van der Waals surface area (Å²) in [4.78, 5) is 16.9. The second kappa shape index (κ2) is 7.77. The maximum absolute atomic E-state index is 13.0. The van der Waals surface area contributed by atoms with Crippen molar-refractivity contribution in [2.45, 2.75) is 12.7 Å². The Morgan fingerprint density at radius 1 is 1.00 bits per heavy atom. The minimum Gasteiger partial charge on any atom is -0.336 e. The summed E-state index contributed by atoms with van der Waals surface area (Å²) in [6.45, 7) is 0.385. The summed E-state index contributed by atoms with van der Waals surface area (Å²) in [5, 5.41) is 5.45. The van der Waals surface area contributed by atoms with Crippen molar-refractivity contribution in [1.29, 1.82) is 0 Å². The average Bonchev–Trinajstić information content (AvgIpc) is 3.38. The molecule has 0 N–H and O–H groups in total. The summed E-state index contributed by atoms with van der Waals surface area (Å²) in [7, 11) is 1.86. The van der Waals surface area contributed by atoms with Crippen LogP contribution >= 0.6 is 0 Å². The summed E-state index contributed by atoms with van der Waals surface area (Å²) in [5.74, 6) is 0. The van der Waals surface area contributed by atoms with Gasteiger partial charge in [-0.2, -0.15) is 18.3 Å². The van der Waals surface area contributed by atoms with Crippen molar-refractivity contribution in [2.24, 2.45) is 7.05 Å². The van der Waals surface area contributed by atoms with Crippen LogP contribution in [0.4, 0.5) is 13.2 Å². The van der Waals surface area contributed by atoms with Crippen LogP contribution in [-0.2, 0) is 19.8 Å². The predicted molar refractivity (Wildman–Crippen MR) is 118 cm³/mol. The summed E-state index contributed by atoms with van der Waals surface area (Å²) >= 11 is 0. The van der Waals surface area contributed by atoms with E-state index in [0.717, 1.165) is 28.7 Å². The molecule has 5 aromatic rings. The van der Waals surface area contributed by atoms with E-state index in [1.165, 1.54) is 18.2 Å². The van der Waals surface area contributed by atoms with E-state index in [0.29, 0.717) is 23.5 Å². The highest BCUT2D eigenvalue weighted by Gasteiger charge is 2.30. The van der Waals surface area contributed by atoms with Gasteiger partial charge in [-0.1, -0.05) is 18.2 Å². The minimum absolute atomic E-state index is 0.193. The topological polar surface area (TPSA) is 57.6 Å². The van der Waals surface area contributed by atoms with Gasteiger partial charge in [0.25, 0.3) is 5.56 Å². The molecule has 0 radical (unpaired) electrons. The molecule has 3 heterocycles. The van der Waals surface area contributed by atoms with Crippen LogP contribution in [0.3, 0.4) is 0 Å². The van der Waals surface area contributed by atoms with E-state index in [4.69, 9.17) is 0 Å². The number of nitrogens with zero attached hydrogens (tertiary/aromatic N) is 5. The lowest BCUT2D eigenvalue weighted by atomic mass is 10.1. The number of para-hydroxylation sites is 1. The molecule has 33 heavy (non-hydrogen) atoms. The van der Waals surface area contributed by atoms with Gasteiger partial charge in [-0.05, 0) is 36.4 Å². The molecule has 0 unspecified atom stereocenters. The van der Waals surface area contributed by atoms with Crippen molar-refractivity contribution in [3.63, 3.8) is 0 Å². The fourth-order valence-corrected chi connectivity index (χ4v) is 3.77. The second-order valence-electron chi connectivity index (χ2n) is 7.70. The maximum Gasteiger partial charge on any atom is 0.416 e. The molecule has 166 valence electrons. The summed E-state index contributed by atoms with van der Waals surface area (Å²) in [6, 6.07) is 15.6. The predicted octanol–water partition coefficient (Wildman–Crippen LogP) is 4.65. The van der Waals surface area contributed by atoms with Crippen molar-refractivity contribution in [3.8, 4) is 16.9 Å². The highest BCUT2D eigenvalue weighted by Crippen LogP contribution is 2.32. The van der Waals surface area contributed by atoms with Crippen LogP contribution in [0.25, 0.3) is 27.8 Å². The number of rotatable bonds is 4. The Hall–Kier alpha value is -4.14. The molecule has 0 aliphatic carbocycles. The Morgan fingerprint density at radius 2 is 1.76 bits per heavy atom. The quantitative estimate of drug-likeness (QED) is 0.401. The maximum atomic E-state index is 13.0. The van der Waals surface area contributed by atoms with Crippen LogP contribution in [0.1, 0.15) is 11.3 Å². The van der Waals surface area contributed by atoms with Crippen LogP contribution in [0.2, 0.25) is 0 Å². The molecule has 3 aromatic heterocycles. The Morgan fingerprint density at radius 3 is 2.42 bits per heavy atom.